The third kappa shape index (κ3) is 4.60. The van der Waals surface area contributed by atoms with Crippen LogP contribution in [0, 0.1) is 23.3 Å². The van der Waals surface area contributed by atoms with E-state index in [4.69, 9.17) is 0 Å². The van der Waals surface area contributed by atoms with Crippen LogP contribution in [0.2, 0.25) is 0 Å². The lowest BCUT2D eigenvalue weighted by Crippen LogP contribution is -2.23. The lowest BCUT2D eigenvalue weighted by atomic mass is 10.1. The number of nitrogens with zero attached hydrogens (tertiary/aromatic N) is 2. The van der Waals surface area contributed by atoms with E-state index in [0.717, 1.165) is 41.7 Å². The van der Waals surface area contributed by atoms with Crippen LogP contribution in [0.1, 0.15) is 24.0 Å². The number of aryl methyl sites for hydroxylation is 2. The molecule has 0 spiro atoms. The maximum Gasteiger partial charge on any atom is 0.269 e. The van der Waals surface area contributed by atoms with Crippen LogP contribution in [0.15, 0.2) is 58.5 Å². The first-order valence-corrected chi connectivity index (χ1v) is 12.2. The Bertz CT molecular complexity index is 1550. The van der Waals surface area contributed by atoms with Gasteiger partial charge in [0.15, 0.2) is 22.6 Å². The van der Waals surface area contributed by atoms with Gasteiger partial charge in [-0.1, -0.05) is 23.9 Å². The number of nitrogens with one attached hydrogen (secondary N) is 1. The number of fused-ring (bicyclic) bond motifs is 2. The minimum atomic E-state index is -1.69. The van der Waals surface area contributed by atoms with Crippen molar-refractivity contribution in [1.29, 1.82) is 0 Å². The Kier molecular flexibility index (Phi) is 6.53. The average Bonchev–Trinajstić information content (AvgIpc) is 3.30. The van der Waals surface area contributed by atoms with E-state index in [1.54, 1.807) is 0 Å². The molecule has 0 bridgehead atoms. The second-order valence-electron chi connectivity index (χ2n) is 8.38. The van der Waals surface area contributed by atoms with Gasteiger partial charge in [0.2, 0.25) is 5.91 Å². The smallest absolute Gasteiger partial charge is 0.269 e. The molecule has 10 heteroatoms. The van der Waals surface area contributed by atoms with E-state index in [0.29, 0.717) is 17.8 Å². The molecule has 1 aliphatic carbocycles. The first-order valence-electron chi connectivity index (χ1n) is 11.2. The van der Waals surface area contributed by atoms with Gasteiger partial charge in [-0.15, -0.1) is 0 Å². The normalized spacial score (nSPS) is 12.7. The second kappa shape index (κ2) is 9.77. The first-order chi connectivity index (χ1) is 17.3. The fourth-order valence-corrected chi connectivity index (χ4v) is 5.22. The van der Waals surface area contributed by atoms with Gasteiger partial charge in [-0.2, -0.15) is 0 Å². The molecule has 1 aliphatic rings. The molecule has 1 heterocycles. The Morgan fingerprint density at radius 1 is 0.972 bits per heavy atom. The fourth-order valence-electron chi connectivity index (χ4n) is 4.27. The van der Waals surface area contributed by atoms with Gasteiger partial charge in [0.25, 0.3) is 5.56 Å². The molecule has 0 fully saturated rings. The zero-order valence-corrected chi connectivity index (χ0v) is 19.6. The molecule has 0 atom stereocenters. The summed E-state index contributed by atoms with van der Waals surface area (Å²) in [5.74, 6) is -5.65. The summed E-state index contributed by atoms with van der Waals surface area (Å²) >= 11 is 0.982. The van der Waals surface area contributed by atoms with Crippen molar-refractivity contribution in [1.82, 2.24) is 9.55 Å². The van der Waals surface area contributed by atoms with E-state index in [2.05, 4.69) is 10.3 Å². The van der Waals surface area contributed by atoms with E-state index in [1.807, 2.05) is 18.2 Å². The van der Waals surface area contributed by atoms with Gasteiger partial charge in [0.05, 0.1) is 11.2 Å². The lowest BCUT2D eigenvalue weighted by molar-refractivity contribution is -0.115. The number of hydrogen-bond donors (Lipinski definition) is 1. The second-order valence-corrected chi connectivity index (χ2v) is 9.44. The fraction of sp³-hybridized carbons (Fsp3) is 0.192. The summed E-state index contributed by atoms with van der Waals surface area (Å²) < 4.78 is 56.7. The molecule has 0 saturated carbocycles. The molecule has 0 radical (unpaired) electrons. The molecule has 5 nitrogen and oxygen atoms in total. The lowest BCUT2D eigenvalue weighted by Gasteiger charge is -2.14. The number of halogens is 4. The molecular formula is C26H19F4N3O2S. The zero-order valence-electron chi connectivity index (χ0n) is 18.8. The van der Waals surface area contributed by atoms with Crippen LogP contribution >= 0.6 is 11.8 Å². The number of amides is 1. The van der Waals surface area contributed by atoms with Gasteiger partial charge in [0.1, 0.15) is 11.2 Å². The molecule has 1 aromatic heterocycles. The maximum atomic E-state index is 14.4. The predicted molar refractivity (Wildman–Crippen MR) is 130 cm³/mol. The summed E-state index contributed by atoms with van der Waals surface area (Å²) in [6.45, 7) is 0. The molecule has 0 saturated heterocycles. The molecule has 4 aromatic rings. The van der Waals surface area contributed by atoms with Gasteiger partial charge in [-0.05, 0) is 54.7 Å². The molecule has 184 valence electrons. The molecule has 0 unspecified atom stereocenters. The third-order valence-corrected chi connectivity index (χ3v) is 6.93. The van der Waals surface area contributed by atoms with Crippen LogP contribution in [0.5, 0.6) is 0 Å². The van der Waals surface area contributed by atoms with Crippen LogP contribution in [0.3, 0.4) is 0 Å². The Morgan fingerprint density at radius 3 is 2.50 bits per heavy atom. The number of carbonyl (C=O) groups is 1. The minimum absolute atomic E-state index is 0.0196. The van der Waals surface area contributed by atoms with Crippen molar-refractivity contribution in [2.75, 3.05) is 11.1 Å². The average molecular weight is 514 g/mol. The van der Waals surface area contributed by atoms with Crippen molar-refractivity contribution in [2.24, 2.45) is 0 Å². The van der Waals surface area contributed by atoms with Gasteiger partial charge in [-0.25, -0.2) is 22.5 Å². The Labute approximate surface area is 207 Å². The number of aromatic nitrogens is 2. The topological polar surface area (TPSA) is 64.0 Å². The Hall–Kier alpha value is -3.66. The molecule has 3 aromatic carbocycles. The molecule has 1 N–H and O–H groups in total. The number of carbonyl (C=O) groups excluding carboxylic acids is 1. The first kappa shape index (κ1) is 24.1. The molecular weight excluding hydrogens is 494 g/mol. The third-order valence-electron chi connectivity index (χ3n) is 5.99. The minimum Gasteiger partial charge on any atom is -0.326 e. The number of rotatable bonds is 6. The monoisotopic (exact) mass is 513 g/mol. The summed E-state index contributed by atoms with van der Waals surface area (Å²) in [5.41, 5.74) is 1.99. The van der Waals surface area contributed by atoms with Crippen LogP contribution in [-0.2, 0) is 17.6 Å². The highest BCUT2D eigenvalue weighted by atomic mass is 32.2. The largest absolute Gasteiger partial charge is 0.326 e. The highest BCUT2D eigenvalue weighted by molar-refractivity contribution is 7.99. The van der Waals surface area contributed by atoms with Gasteiger partial charge in [-0.3, -0.25) is 14.2 Å². The van der Waals surface area contributed by atoms with Crippen LogP contribution < -0.4 is 10.9 Å². The van der Waals surface area contributed by atoms with Gasteiger partial charge >= 0.3 is 0 Å². The Balaban J connectivity index is 1.42. The van der Waals surface area contributed by atoms with E-state index in [9.17, 15) is 27.2 Å². The Morgan fingerprint density at radius 2 is 1.72 bits per heavy atom. The predicted octanol–water partition coefficient (Wildman–Crippen LogP) is 5.55. The highest BCUT2D eigenvalue weighted by Gasteiger charge is 2.20. The van der Waals surface area contributed by atoms with E-state index in [1.165, 1.54) is 23.3 Å². The standard InChI is InChI=1S/C26H19F4N3O2S/c27-18-5-2-6-21-23(18)25(35)33(17-12-19(28)24(30)20(29)13-17)26(32-21)36-10-9-22(34)31-16-8-7-14-3-1-4-15(14)11-16/h2,5-8,11-13H,1,3-4,9-10H2,(H,31,34). The van der Waals surface area contributed by atoms with Gasteiger partial charge in [0, 0.05) is 30.0 Å². The summed E-state index contributed by atoms with van der Waals surface area (Å²) in [6.07, 6.45) is 3.15. The van der Waals surface area contributed by atoms with Crippen LogP contribution in [-0.4, -0.2) is 21.2 Å². The van der Waals surface area contributed by atoms with Crippen molar-refractivity contribution < 1.29 is 22.4 Å². The van der Waals surface area contributed by atoms with Gasteiger partial charge < -0.3 is 5.32 Å². The van der Waals surface area contributed by atoms with Crippen LogP contribution in [0.25, 0.3) is 16.6 Å². The van der Waals surface area contributed by atoms with E-state index >= 15 is 0 Å². The van der Waals surface area contributed by atoms with Crippen molar-refractivity contribution in [3.05, 3.63) is 93.3 Å². The van der Waals surface area contributed by atoms with Crippen LogP contribution in [0.4, 0.5) is 23.2 Å². The zero-order chi connectivity index (χ0) is 25.4. The van der Waals surface area contributed by atoms with E-state index in [-0.39, 0.29) is 39.8 Å². The quantitative estimate of drug-likeness (QED) is 0.159. The van der Waals surface area contributed by atoms with Crippen molar-refractivity contribution in [2.45, 2.75) is 30.8 Å². The molecule has 1 amide bonds. The summed E-state index contributed by atoms with van der Waals surface area (Å²) in [7, 11) is 0. The number of hydrogen-bond acceptors (Lipinski definition) is 4. The number of benzene rings is 3. The highest BCUT2D eigenvalue weighted by Crippen LogP contribution is 2.27. The van der Waals surface area contributed by atoms with Crippen molar-refractivity contribution >= 4 is 34.3 Å². The van der Waals surface area contributed by atoms with Crippen molar-refractivity contribution in [3.63, 3.8) is 0 Å². The number of thioether (sulfide) groups is 1. The molecule has 5 rings (SSSR count). The number of anilines is 1. The van der Waals surface area contributed by atoms with Crippen molar-refractivity contribution in [3.8, 4) is 5.69 Å². The summed E-state index contributed by atoms with van der Waals surface area (Å²) in [5, 5.41) is 2.45. The SMILES string of the molecule is O=C(CCSc1nc2cccc(F)c2c(=O)n1-c1cc(F)c(F)c(F)c1)Nc1ccc2c(c1)CCC2. The summed E-state index contributed by atoms with van der Waals surface area (Å²) in [6, 6.07) is 11.0. The maximum absolute atomic E-state index is 14.4. The summed E-state index contributed by atoms with van der Waals surface area (Å²) in [4.78, 5) is 30.0. The van der Waals surface area contributed by atoms with E-state index < -0.39 is 28.8 Å². The molecule has 36 heavy (non-hydrogen) atoms. The molecule has 0 aliphatic heterocycles.